The molecule has 0 spiro atoms. The van der Waals surface area contributed by atoms with Crippen LogP contribution in [0.25, 0.3) is 0 Å². The number of likely N-dealkylation sites (N-methyl/N-ethyl adjacent to an activating group) is 1. The van der Waals surface area contributed by atoms with Crippen molar-refractivity contribution < 1.29 is 9.59 Å². The summed E-state index contributed by atoms with van der Waals surface area (Å²) in [5, 5.41) is 2.87. The molecular formula is C21H21N3O2. The molecule has 2 amide bonds. The van der Waals surface area contributed by atoms with Gasteiger partial charge in [-0.3, -0.25) is 19.6 Å². The second-order valence-corrected chi connectivity index (χ2v) is 6.41. The average molecular weight is 347 g/mol. The lowest BCUT2D eigenvalue weighted by atomic mass is 9.88. The molecule has 132 valence electrons. The highest BCUT2D eigenvalue weighted by Gasteiger charge is 2.45. The summed E-state index contributed by atoms with van der Waals surface area (Å²) in [5.41, 5.74) is 4.22. The van der Waals surface area contributed by atoms with Gasteiger partial charge in [0.05, 0.1) is 12.2 Å². The Balaban J connectivity index is 1.97. The van der Waals surface area contributed by atoms with Crippen molar-refractivity contribution in [3.63, 3.8) is 0 Å². The number of carbonyl (C=O) groups is 2. The van der Waals surface area contributed by atoms with E-state index in [1.165, 1.54) is 10.0 Å². The Morgan fingerprint density at radius 2 is 1.81 bits per heavy atom. The van der Waals surface area contributed by atoms with Crippen LogP contribution in [-0.2, 0) is 16.1 Å². The molecule has 1 aromatic carbocycles. The minimum Gasteiger partial charge on any atom is -0.272 e. The lowest BCUT2D eigenvalue weighted by molar-refractivity contribution is -0.145. The third-order valence-corrected chi connectivity index (χ3v) is 4.62. The summed E-state index contributed by atoms with van der Waals surface area (Å²) in [6, 6.07) is 9.39. The Labute approximate surface area is 153 Å². The Hall–Kier alpha value is -3.13. The van der Waals surface area contributed by atoms with E-state index in [1.807, 2.05) is 44.2 Å². The molecule has 0 bridgehead atoms. The molecule has 1 aromatic heterocycles. The number of aromatic nitrogens is 1. The zero-order valence-corrected chi connectivity index (χ0v) is 15.4. The van der Waals surface area contributed by atoms with Crippen LogP contribution in [0.15, 0.2) is 36.5 Å². The summed E-state index contributed by atoms with van der Waals surface area (Å²) in [4.78, 5) is 30.2. The van der Waals surface area contributed by atoms with Crippen LogP contribution < -0.4 is 0 Å². The van der Waals surface area contributed by atoms with E-state index in [1.54, 1.807) is 20.2 Å². The van der Waals surface area contributed by atoms with Crippen LogP contribution >= 0.6 is 0 Å². The van der Waals surface area contributed by atoms with E-state index < -0.39 is 5.92 Å². The molecule has 1 saturated heterocycles. The summed E-state index contributed by atoms with van der Waals surface area (Å²) in [6.45, 7) is 5.90. The number of nitrogens with zero attached hydrogens (tertiary/aromatic N) is 3. The van der Waals surface area contributed by atoms with E-state index in [0.29, 0.717) is 0 Å². The fourth-order valence-electron chi connectivity index (χ4n) is 3.43. The minimum atomic E-state index is -0.813. The summed E-state index contributed by atoms with van der Waals surface area (Å²) in [7, 11) is 1.63. The zero-order valence-electron chi connectivity index (χ0n) is 15.4. The van der Waals surface area contributed by atoms with Gasteiger partial charge in [-0.1, -0.05) is 12.0 Å². The van der Waals surface area contributed by atoms with E-state index in [2.05, 4.69) is 16.8 Å². The van der Waals surface area contributed by atoms with Crippen molar-refractivity contribution in [1.82, 2.24) is 15.0 Å². The molecule has 5 heteroatoms. The maximum Gasteiger partial charge on any atom is 0.258 e. The van der Waals surface area contributed by atoms with Gasteiger partial charge < -0.3 is 0 Å². The highest BCUT2D eigenvalue weighted by molar-refractivity contribution is 6.10. The van der Waals surface area contributed by atoms with Crippen LogP contribution in [0.3, 0.4) is 0 Å². The molecule has 26 heavy (non-hydrogen) atoms. The van der Waals surface area contributed by atoms with E-state index in [4.69, 9.17) is 0 Å². The van der Waals surface area contributed by atoms with Crippen molar-refractivity contribution in [3.05, 3.63) is 64.5 Å². The molecule has 1 aliphatic rings. The number of pyridine rings is 1. The summed E-state index contributed by atoms with van der Waals surface area (Å²) in [6.07, 6.45) is 1.68. The summed E-state index contributed by atoms with van der Waals surface area (Å²) >= 11 is 0. The first-order valence-corrected chi connectivity index (χ1v) is 8.46. The van der Waals surface area contributed by atoms with Crippen LogP contribution in [0.2, 0.25) is 0 Å². The maximum absolute atomic E-state index is 13.1. The molecule has 0 saturated carbocycles. The second-order valence-electron chi connectivity index (χ2n) is 6.41. The number of rotatable bonds is 3. The van der Waals surface area contributed by atoms with Gasteiger partial charge in [0.1, 0.15) is 5.92 Å². The number of benzene rings is 1. The molecule has 1 atom stereocenters. The summed E-state index contributed by atoms with van der Waals surface area (Å²) < 4.78 is 0. The lowest BCUT2D eigenvalue weighted by Gasteiger charge is -2.23. The average Bonchev–Trinajstić information content (AvgIpc) is 2.80. The normalized spacial score (nSPS) is 16.7. The molecule has 1 fully saturated rings. The largest absolute Gasteiger partial charge is 0.272 e. The fraction of sp³-hybridized carbons (Fsp3) is 0.286. The van der Waals surface area contributed by atoms with Crippen molar-refractivity contribution in [2.45, 2.75) is 33.2 Å². The fourth-order valence-corrected chi connectivity index (χ4v) is 3.43. The van der Waals surface area contributed by atoms with Gasteiger partial charge >= 0.3 is 0 Å². The van der Waals surface area contributed by atoms with Crippen molar-refractivity contribution in [2.24, 2.45) is 0 Å². The third-order valence-electron chi connectivity index (χ3n) is 4.62. The topological polar surface area (TPSA) is 53.5 Å². The van der Waals surface area contributed by atoms with Gasteiger partial charge in [0, 0.05) is 18.8 Å². The molecule has 2 aromatic rings. The molecule has 1 aliphatic heterocycles. The van der Waals surface area contributed by atoms with Gasteiger partial charge in [-0.2, -0.15) is 0 Å². The quantitative estimate of drug-likeness (QED) is 0.633. The van der Waals surface area contributed by atoms with Crippen LogP contribution in [0.1, 0.15) is 40.8 Å². The number of aryl methyl sites for hydroxylation is 2. The Kier molecular flexibility index (Phi) is 4.77. The van der Waals surface area contributed by atoms with Crippen LogP contribution in [-0.4, -0.2) is 33.9 Å². The van der Waals surface area contributed by atoms with Crippen LogP contribution in [0.5, 0.6) is 0 Å². The SMILES string of the molecule is CC#Cc1cc(C)c(C2C(=O)N(C)N(Cc3ccccn3)C2=O)c(C)c1. The van der Waals surface area contributed by atoms with Crippen molar-refractivity contribution >= 4 is 11.8 Å². The van der Waals surface area contributed by atoms with E-state index in [0.717, 1.165) is 27.9 Å². The highest BCUT2D eigenvalue weighted by atomic mass is 16.2. The lowest BCUT2D eigenvalue weighted by Crippen LogP contribution is -2.37. The monoisotopic (exact) mass is 347 g/mol. The molecule has 3 rings (SSSR count). The van der Waals surface area contributed by atoms with Gasteiger partial charge in [-0.05, 0) is 61.7 Å². The number of hydrogen-bond acceptors (Lipinski definition) is 3. The summed E-state index contributed by atoms with van der Waals surface area (Å²) in [5.74, 6) is 4.66. The van der Waals surface area contributed by atoms with Gasteiger partial charge in [0.25, 0.3) is 11.8 Å². The third kappa shape index (κ3) is 3.06. The Morgan fingerprint density at radius 1 is 1.12 bits per heavy atom. The maximum atomic E-state index is 13.1. The molecule has 0 radical (unpaired) electrons. The van der Waals surface area contributed by atoms with Gasteiger partial charge in [-0.25, -0.2) is 5.01 Å². The number of amides is 2. The van der Waals surface area contributed by atoms with Crippen LogP contribution in [0.4, 0.5) is 0 Å². The van der Waals surface area contributed by atoms with Gasteiger partial charge in [0.2, 0.25) is 0 Å². The molecule has 0 aliphatic carbocycles. The predicted octanol–water partition coefficient (Wildman–Crippen LogP) is 2.57. The Bertz CT molecular complexity index is 902. The Morgan fingerprint density at radius 3 is 2.38 bits per heavy atom. The number of hydrazine groups is 1. The second kappa shape index (κ2) is 7.01. The standard InChI is InChI=1S/C21H21N3O2/c1-5-8-16-11-14(2)18(15(3)12-16)19-20(25)23(4)24(21(19)26)13-17-9-6-7-10-22-17/h6-7,9-12,19H,13H2,1-4H3. The number of carbonyl (C=O) groups excluding carboxylic acids is 2. The van der Waals surface area contributed by atoms with Gasteiger partial charge in [0.15, 0.2) is 0 Å². The van der Waals surface area contributed by atoms with E-state index >= 15 is 0 Å². The molecule has 1 unspecified atom stereocenters. The van der Waals surface area contributed by atoms with Crippen molar-refractivity contribution in [3.8, 4) is 11.8 Å². The van der Waals surface area contributed by atoms with E-state index in [-0.39, 0.29) is 18.4 Å². The van der Waals surface area contributed by atoms with Crippen molar-refractivity contribution in [1.29, 1.82) is 0 Å². The molecule has 5 nitrogen and oxygen atoms in total. The first-order valence-electron chi connectivity index (χ1n) is 8.46. The molecule has 2 heterocycles. The zero-order chi connectivity index (χ0) is 18.8. The predicted molar refractivity (Wildman–Crippen MR) is 98.8 cm³/mol. The van der Waals surface area contributed by atoms with Crippen molar-refractivity contribution in [2.75, 3.05) is 7.05 Å². The van der Waals surface area contributed by atoms with E-state index in [9.17, 15) is 9.59 Å². The first-order chi connectivity index (χ1) is 12.4. The van der Waals surface area contributed by atoms with Gasteiger partial charge in [-0.15, -0.1) is 5.92 Å². The smallest absolute Gasteiger partial charge is 0.258 e. The first kappa shape index (κ1) is 17.7. The highest BCUT2D eigenvalue weighted by Crippen LogP contribution is 2.33. The molecular weight excluding hydrogens is 326 g/mol. The van der Waals surface area contributed by atoms with Crippen LogP contribution in [0, 0.1) is 25.7 Å². The molecule has 0 N–H and O–H groups in total. The number of hydrogen-bond donors (Lipinski definition) is 0. The minimum absolute atomic E-state index is 0.216.